The summed E-state index contributed by atoms with van der Waals surface area (Å²) >= 11 is 1.41. The Labute approximate surface area is 163 Å². The number of nitrogens with two attached hydrogens (primary N) is 1. The molecule has 0 radical (unpaired) electrons. The smallest absolute Gasteiger partial charge is 0.406 e. The molecular formula is C15H17F3IN3O2S. The maximum absolute atomic E-state index is 12.1. The zero-order chi connectivity index (χ0) is 17.8. The molecule has 0 amide bonds. The first kappa shape index (κ1) is 21.5. The van der Waals surface area contributed by atoms with Gasteiger partial charge >= 0.3 is 6.36 Å². The Morgan fingerprint density at radius 2 is 1.92 bits per heavy atom. The summed E-state index contributed by atoms with van der Waals surface area (Å²) < 4.78 is 40.0. The molecule has 1 aromatic carbocycles. The molecule has 0 aliphatic carbocycles. The Morgan fingerprint density at radius 1 is 1.28 bits per heavy atom. The van der Waals surface area contributed by atoms with Crippen molar-refractivity contribution in [1.29, 1.82) is 0 Å². The number of hydrogen-bond acceptors (Lipinski definition) is 4. The number of hydrogen-bond donors (Lipinski definition) is 3. The second-order valence-corrected chi connectivity index (χ2v) is 6.10. The van der Waals surface area contributed by atoms with E-state index in [4.69, 9.17) is 5.73 Å². The molecule has 25 heavy (non-hydrogen) atoms. The molecular weight excluding hydrogens is 470 g/mol. The lowest BCUT2D eigenvalue weighted by Gasteiger charge is -2.19. The highest BCUT2D eigenvalue weighted by Gasteiger charge is 2.31. The molecule has 0 fully saturated rings. The van der Waals surface area contributed by atoms with Crippen molar-refractivity contribution in [3.63, 3.8) is 0 Å². The standard InChI is InChI=1S/C15H16F3N3O2S.HI/c1-14(22,12-3-2-8-24-12)9-20-13(19)21-10-4-6-11(7-5-10)23-15(16,17)18;/h2-8,22H,9H2,1H3,(H3,19,20,21);1H. The van der Waals surface area contributed by atoms with Gasteiger partial charge in [0.2, 0.25) is 0 Å². The molecule has 0 saturated carbocycles. The van der Waals surface area contributed by atoms with Gasteiger partial charge in [0.05, 0.1) is 6.54 Å². The highest BCUT2D eigenvalue weighted by molar-refractivity contribution is 14.0. The maximum Gasteiger partial charge on any atom is 0.573 e. The van der Waals surface area contributed by atoms with Crippen molar-refractivity contribution in [2.75, 3.05) is 11.9 Å². The van der Waals surface area contributed by atoms with E-state index in [1.54, 1.807) is 13.0 Å². The zero-order valence-electron chi connectivity index (χ0n) is 13.1. The zero-order valence-corrected chi connectivity index (χ0v) is 16.2. The van der Waals surface area contributed by atoms with Crippen molar-refractivity contribution < 1.29 is 23.0 Å². The minimum atomic E-state index is -4.73. The highest BCUT2D eigenvalue weighted by Crippen LogP contribution is 2.26. The minimum absolute atomic E-state index is 0. The number of halogens is 4. The third kappa shape index (κ3) is 7.08. The molecule has 0 aliphatic rings. The number of anilines is 1. The molecule has 4 N–H and O–H groups in total. The average Bonchev–Trinajstić information content (AvgIpc) is 3.01. The van der Waals surface area contributed by atoms with Gasteiger partial charge in [0.15, 0.2) is 5.96 Å². The van der Waals surface area contributed by atoms with Crippen LogP contribution in [0.5, 0.6) is 5.75 Å². The first-order chi connectivity index (χ1) is 11.2. The number of thiophene rings is 1. The molecule has 10 heteroatoms. The Balaban J connectivity index is 0.00000312. The van der Waals surface area contributed by atoms with E-state index < -0.39 is 12.0 Å². The summed E-state index contributed by atoms with van der Waals surface area (Å²) in [6.45, 7) is 1.67. The summed E-state index contributed by atoms with van der Waals surface area (Å²) in [5.41, 5.74) is 5.02. The third-order valence-corrected chi connectivity index (χ3v) is 4.09. The van der Waals surface area contributed by atoms with Crippen LogP contribution in [0.15, 0.2) is 46.8 Å². The predicted molar refractivity (Wildman–Crippen MR) is 103 cm³/mol. The first-order valence-corrected chi connectivity index (χ1v) is 7.73. The van der Waals surface area contributed by atoms with E-state index in [9.17, 15) is 18.3 Å². The van der Waals surface area contributed by atoms with Crippen LogP contribution in [0, 0.1) is 0 Å². The first-order valence-electron chi connectivity index (χ1n) is 6.85. The second kappa shape index (κ2) is 8.72. The van der Waals surface area contributed by atoms with Gasteiger partial charge in [0.1, 0.15) is 11.4 Å². The molecule has 5 nitrogen and oxygen atoms in total. The lowest BCUT2D eigenvalue weighted by Crippen LogP contribution is -2.29. The van der Waals surface area contributed by atoms with Gasteiger partial charge < -0.3 is 20.9 Å². The number of nitrogens with zero attached hydrogens (tertiary/aromatic N) is 1. The van der Waals surface area contributed by atoms with E-state index in [0.29, 0.717) is 5.69 Å². The van der Waals surface area contributed by atoms with Crippen molar-refractivity contribution in [2.24, 2.45) is 10.7 Å². The molecule has 1 aromatic heterocycles. The van der Waals surface area contributed by atoms with E-state index in [0.717, 1.165) is 17.0 Å². The molecule has 0 spiro atoms. The monoisotopic (exact) mass is 487 g/mol. The summed E-state index contributed by atoms with van der Waals surface area (Å²) in [6.07, 6.45) is -4.73. The van der Waals surface area contributed by atoms with Gasteiger partial charge in [-0.15, -0.1) is 48.5 Å². The fraction of sp³-hybridized carbons (Fsp3) is 0.267. The van der Waals surface area contributed by atoms with E-state index in [1.165, 1.54) is 23.5 Å². The van der Waals surface area contributed by atoms with Gasteiger partial charge in [0.25, 0.3) is 0 Å². The minimum Gasteiger partial charge on any atom is -0.406 e. The normalized spacial score (nSPS) is 14.4. The highest BCUT2D eigenvalue weighted by atomic mass is 127. The van der Waals surface area contributed by atoms with Gasteiger partial charge in [-0.25, -0.2) is 4.99 Å². The van der Waals surface area contributed by atoms with Crippen LogP contribution in [0.4, 0.5) is 18.9 Å². The molecule has 1 heterocycles. The van der Waals surface area contributed by atoms with Crippen LogP contribution >= 0.6 is 35.3 Å². The van der Waals surface area contributed by atoms with Crippen molar-refractivity contribution in [1.82, 2.24) is 0 Å². The third-order valence-electron chi connectivity index (χ3n) is 2.97. The van der Waals surface area contributed by atoms with Gasteiger partial charge in [-0.05, 0) is 42.6 Å². The van der Waals surface area contributed by atoms with Gasteiger partial charge in [0, 0.05) is 10.6 Å². The van der Waals surface area contributed by atoms with Crippen LogP contribution in [0.1, 0.15) is 11.8 Å². The number of alkyl halides is 3. The summed E-state index contributed by atoms with van der Waals surface area (Å²) in [4.78, 5) is 4.81. The van der Waals surface area contributed by atoms with E-state index >= 15 is 0 Å². The summed E-state index contributed by atoms with van der Waals surface area (Å²) in [5, 5.41) is 14.9. The van der Waals surface area contributed by atoms with Crippen LogP contribution in [0.2, 0.25) is 0 Å². The fourth-order valence-electron chi connectivity index (χ4n) is 1.83. The molecule has 2 aromatic rings. The Morgan fingerprint density at radius 3 is 2.44 bits per heavy atom. The molecule has 0 saturated heterocycles. The van der Waals surface area contributed by atoms with Gasteiger partial charge in [-0.1, -0.05) is 6.07 Å². The Bertz CT molecular complexity index is 689. The number of ether oxygens (including phenoxy) is 1. The van der Waals surface area contributed by atoms with Gasteiger partial charge in [-0.3, -0.25) is 0 Å². The number of aliphatic imine (C=N–C) groups is 1. The molecule has 0 aliphatic heterocycles. The summed E-state index contributed by atoms with van der Waals surface area (Å²) in [6, 6.07) is 8.69. The molecule has 1 unspecified atom stereocenters. The largest absolute Gasteiger partial charge is 0.573 e. The maximum atomic E-state index is 12.1. The number of aliphatic hydroxyl groups is 1. The SMILES string of the molecule is CC(O)(CN=C(N)Nc1ccc(OC(F)(F)F)cc1)c1cccs1.I. The van der Waals surface area contributed by atoms with Crippen LogP contribution < -0.4 is 15.8 Å². The van der Waals surface area contributed by atoms with Gasteiger partial charge in [-0.2, -0.15) is 0 Å². The number of rotatable bonds is 5. The van der Waals surface area contributed by atoms with Crippen molar-refractivity contribution in [3.05, 3.63) is 46.7 Å². The Hall–Kier alpha value is -1.53. The number of benzene rings is 1. The number of guanidine groups is 1. The number of nitrogens with one attached hydrogen (secondary N) is 1. The van der Waals surface area contributed by atoms with Crippen molar-refractivity contribution >= 4 is 47.0 Å². The van der Waals surface area contributed by atoms with E-state index in [-0.39, 0.29) is 42.2 Å². The second-order valence-electron chi connectivity index (χ2n) is 5.15. The van der Waals surface area contributed by atoms with Crippen LogP contribution in [-0.2, 0) is 5.60 Å². The predicted octanol–water partition coefficient (Wildman–Crippen LogP) is 3.90. The quantitative estimate of drug-likeness (QED) is 0.340. The van der Waals surface area contributed by atoms with Crippen LogP contribution in [0.25, 0.3) is 0 Å². The molecule has 2 rings (SSSR count). The summed E-state index contributed by atoms with van der Waals surface area (Å²) in [5.74, 6) is -0.291. The fourth-order valence-corrected chi connectivity index (χ4v) is 2.61. The molecule has 0 bridgehead atoms. The van der Waals surface area contributed by atoms with Crippen LogP contribution in [0.3, 0.4) is 0 Å². The molecule has 138 valence electrons. The Kier molecular flexibility index (Phi) is 7.50. The topological polar surface area (TPSA) is 79.9 Å². The molecule has 1 atom stereocenters. The average molecular weight is 487 g/mol. The lowest BCUT2D eigenvalue weighted by atomic mass is 10.1. The van der Waals surface area contributed by atoms with E-state index in [1.807, 2.05) is 11.4 Å². The van der Waals surface area contributed by atoms with Crippen molar-refractivity contribution in [2.45, 2.75) is 18.9 Å². The van der Waals surface area contributed by atoms with E-state index in [2.05, 4.69) is 15.0 Å². The lowest BCUT2D eigenvalue weighted by molar-refractivity contribution is -0.274. The van der Waals surface area contributed by atoms with Crippen molar-refractivity contribution in [3.8, 4) is 5.75 Å². The van der Waals surface area contributed by atoms with Crippen LogP contribution in [-0.4, -0.2) is 24.0 Å². The summed E-state index contributed by atoms with van der Waals surface area (Å²) in [7, 11) is 0.